The number of nitrogens with one attached hydrogen (secondary N) is 1. The average Bonchev–Trinajstić information content (AvgIpc) is 3.90. The third kappa shape index (κ3) is 7.15. The van der Waals surface area contributed by atoms with Crippen molar-refractivity contribution in [1.82, 2.24) is 39.3 Å². The van der Waals surface area contributed by atoms with Gasteiger partial charge in [0.05, 0.1) is 27.7 Å². The number of fused-ring (bicyclic) bond motifs is 2. The Bertz CT molecular complexity index is 2480. The van der Waals surface area contributed by atoms with E-state index in [1.54, 1.807) is 30.9 Å². The summed E-state index contributed by atoms with van der Waals surface area (Å²) in [5, 5.41) is 21.8. The standard InChI is InChI=1S/C38H37ClF4N10O4/c1-3-29-33(49-8-10-50(11-9-49)37(57)32-34(55)20(2)44-19-45-32)35(56)31-36(52(29)18-30(54)46-28-7-5-23(14-26(28)39)38(41,42)43)48-53(47-31)24-6-4-22(27(40)15-24)17-51-16-21-12-25(51)13-21/h4-7,14-15,19,21,25,55H,3,8-13,16-18H2,1-2H3,(H,46,54). The fraction of sp³-hybridized carbons (Fsp3) is 0.395. The number of piperazine rings is 1. The van der Waals surface area contributed by atoms with Gasteiger partial charge in [-0.2, -0.15) is 13.2 Å². The Labute approximate surface area is 327 Å². The van der Waals surface area contributed by atoms with Gasteiger partial charge in [0.25, 0.3) is 5.91 Å². The lowest BCUT2D eigenvalue weighted by Gasteiger charge is -2.36. The van der Waals surface area contributed by atoms with E-state index in [0.717, 1.165) is 36.3 Å². The van der Waals surface area contributed by atoms with Crippen LogP contribution in [0.5, 0.6) is 5.75 Å². The highest BCUT2D eigenvalue weighted by Crippen LogP contribution is 2.41. The van der Waals surface area contributed by atoms with E-state index < -0.39 is 41.3 Å². The van der Waals surface area contributed by atoms with E-state index in [1.165, 1.54) is 21.9 Å². The van der Waals surface area contributed by atoms with Crippen LogP contribution in [0.1, 0.15) is 52.8 Å². The molecule has 3 saturated heterocycles. The van der Waals surface area contributed by atoms with Gasteiger partial charge in [-0.1, -0.05) is 24.6 Å². The zero-order valence-corrected chi connectivity index (χ0v) is 31.6. The molecule has 2 bridgehead atoms. The smallest absolute Gasteiger partial charge is 0.416 e. The zero-order valence-electron chi connectivity index (χ0n) is 30.9. The first-order valence-electron chi connectivity index (χ1n) is 18.5. The van der Waals surface area contributed by atoms with Crippen LogP contribution in [-0.4, -0.2) is 95.0 Å². The fourth-order valence-corrected chi connectivity index (χ4v) is 8.19. The summed E-state index contributed by atoms with van der Waals surface area (Å²) in [6.07, 6.45) is -0.939. The van der Waals surface area contributed by atoms with Gasteiger partial charge in [0, 0.05) is 62.6 Å². The number of rotatable bonds is 9. The minimum Gasteiger partial charge on any atom is -0.504 e. The minimum atomic E-state index is -4.64. The highest BCUT2D eigenvalue weighted by molar-refractivity contribution is 6.33. The van der Waals surface area contributed by atoms with Gasteiger partial charge in [0.2, 0.25) is 11.3 Å². The Morgan fingerprint density at radius 3 is 2.44 bits per heavy atom. The minimum absolute atomic E-state index is 0.0269. The molecule has 1 aliphatic carbocycles. The highest BCUT2D eigenvalue weighted by Gasteiger charge is 2.42. The molecule has 4 fully saturated rings. The third-order valence-corrected chi connectivity index (χ3v) is 11.4. The van der Waals surface area contributed by atoms with Crippen molar-refractivity contribution in [2.75, 3.05) is 42.9 Å². The van der Waals surface area contributed by atoms with Gasteiger partial charge in [-0.05, 0) is 56.4 Å². The van der Waals surface area contributed by atoms with Crippen LogP contribution in [0, 0.1) is 18.7 Å². The van der Waals surface area contributed by atoms with E-state index in [9.17, 15) is 32.7 Å². The predicted octanol–water partition coefficient (Wildman–Crippen LogP) is 4.96. The SMILES string of the molecule is CCc1c(N2CCN(C(=O)c3ncnc(C)c3O)CC2)c(=O)c2nn(-c3ccc(CN4CC5CC4C5)c(F)c3)nc2n1CC(=O)Nc1ccc(C(F)(F)F)cc1Cl. The van der Waals surface area contributed by atoms with Gasteiger partial charge in [-0.25, -0.2) is 14.4 Å². The molecule has 1 saturated carbocycles. The quantitative estimate of drug-likeness (QED) is 0.196. The molecule has 14 nitrogen and oxygen atoms in total. The van der Waals surface area contributed by atoms with Crippen molar-refractivity contribution in [2.45, 2.75) is 58.4 Å². The number of amides is 2. The van der Waals surface area contributed by atoms with E-state index in [0.29, 0.717) is 35.8 Å². The predicted molar refractivity (Wildman–Crippen MR) is 201 cm³/mol. The first-order valence-corrected chi connectivity index (χ1v) is 18.8. The Kier molecular flexibility index (Phi) is 9.88. The van der Waals surface area contributed by atoms with Crippen molar-refractivity contribution in [3.8, 4) is 11.4 Å². The maximum absolute atomic E-state index is 15.6. The molecule has 9 rings (SSSR count). The van der Waals surface area contributed by atoms with Gasteiger partial charge in [0.15, 0.2) is 22.6 Å². The molecular weight excluding hydrogens is 772 g/mol. The van der Waals surface area contributed by atoms with Crippen molar-refractivity contribution < 1.29 is 32.3 Å². The van der Waals surface area contributed by atoms with Crippen molar-refractivity contribution in [3.05, 3.63) is 92.0 Å². The van der Waals surface area contributed by atoms with Gasteiger partial charge >= 0.3 is 6.18 Å². The molecule has 0 spiro atoms. The van der Waals surface area contributed by atoms with Crippen LogP contribution < -0.4 is 15.6 Å². The lowest BCUT2D eigenvalue weighted by Crippen LogP contribution is -2.50. The maximum Gasteiger partial charge on any atom is 0.416 e. The highest BCUT2D eigenvalue weighted by atomic mass is 35.5. The Balaban J connectivity index is 1.13. The Hall–Kier alpha value is -5.62. The third-order valence-electron chi connectivity index (χ3n) is 11.0. The summed E-state index contributed by atoms with van der Waals surface area (Å²) < 4.78 is 56.9. The topological polar surface area (TPSA) is 155 Å². The van der Waals surface area contributed by atoms with Gasteiger partial charge in [-0.3, -0.25) is 19.3 Å². The number of hydrogen-bond acceptors (Lipinski definition) is 10. The molecule has 57 heavy (non-hydrogen) atoms. The van der Waals surface area contributed by atoms with Crippen molar-refractivity contribution in [1.29, 1.82) is 0 Å². The second-order valence-corrected chi connectivity index (χ2v) is 15.0. The molecule has 4 aliphatic rings. The molecule has 2 amide bonds. The van der Waals surface area contributed by atoms with E-state index >= 15 is 4.39 Å². The largest absolute Gasteiger partial charge is 0.504 e. The van der Waals surface area contributed by atoms with Gasteiger partial charge in [-0.15, -0.1) is 15.0 Å². The van der Waals surface area contributed by atoms with Crippen LogP contribution in [0.4, 0.5) is 28.9 Å². The molecule has 0 unspecified atom stereocenters. The van der Waals surface area contributed by atoms with Crippen LogP contribution in [0.3, 0.4) is 0 Å². The van der Waals surface area contributed by atoms with Crippen LogP contribution in [0.2, 0.25) is 5.02 Å². The number of aromatic nitrogens is 6. The molecule has 5 aromatic rings. The fourth-order valence-electron chi connectivity index (χ4n) is 7.96. The summed E-state index contributed by atoms with van der Waals surface area (Å²) in [4.78, 5) is 56.0. The summed E-state index contributed by atoms with van der Waals surface area (Å²) in [6, 6.07) is 7.70. The van der Waals surface area contributed by atoms with Crippen LogP contribution in [0.15, 0.2) is 47.5 Å². The summed E-state index contributed by atoms with van der Waals surface area (Å²) in [7, 11) is 0. The first-order chi connectivity index (χ1) is 27.2. The molecule has 2 aromatic carbocycles. The second kappa shape index (κ2) is 14.7. The number of benzene rings is 2. The van der Waals surface area contributed by atoms with E-state index in [2.05, 4.69) is 30.4 Å². The summed E-state index contributed by atoms with van der Waals surface area (Å²) in [5.41, 5.74) is -0.0960. The summed E-state index contributed by atoms with van der Waals surface area (Å²) in [5.74, 6) is -1.27. The Morgan fingerprint density at radius 2 is 1.79 bits per heavy atom. The summed E-state index contributed by atoms with van der Waals surface area (Å²) >= 11 is 6.15. The number of halogens is 5. The average molecular weight is 809 g/mol. The molecule has 2 N–H and O–H groups in total. The number of carbonyl (C=O) groups excluding carboxylic acids is 2. The molecule has 0 atom stereocenters. The molecule has 6 heterocycles. The lowest BCUT2D eigenvalue weighted by atomic mass is 9.86. The Morgan fingerprint density at radius 1 is 1.04 bits per heavy atom. The van der Waals surface area contributed by atoms with Crippen molar-refractivity contribution >= 4 is 46.0 Å². The number of hydrogen-bond donors (Lipinski definition) is 2. The zero-order chi connectivity index (χ0) is 40.3. The normalized spacial score (nSPS) is 18.3. The number of pyridine rings is 1. The maximum atomic E-state index is 15.6. The van der Waals surface area contributed by atoms with Gasteiger partial charge in [0.1, 0.15) is 24.4 Å². The first kappa shape index (κ1) is 38.3. The molecule has 298 valence electrons. The van der Waals surface area contributed by atoms with E-state index in [-0.39, 0.29) is 83.0 Å². The number of anilines is 2. The van der Waals surface area contributed by atoms with Crippen molar-refractivity contribution in [3.63, 3.8) is 0 Å². The molecule has 19 heteroatoms. The molecular formula is C38H37ClF4N10O4. The van der Waals surface area contributed by atoms with Crippen molar-refractivity contribution in [2.24, 2.45) is 5.92 Å². The van der Waals surface area contributed by atoms with Crippen LogP contribution in [0.25, 0.3) is 16.9 Å². The molecule has 0 radical (unpaired) electrons. The number of alkyl halides is 3. The second-order valence-electron chi connectivity index (χ2n) is 14.6. The summed E-state index contributed by atoms with van der Waals surface area (Å²) in [6.45, 7) is 5.02. The van der Waals surface area contributed by atoms with Crippen LogP contribution >= 0.6 is 11.6 Å². The number of carbonyl (C=O) groups is 2. The van der Waals surface area contributed by atoms with Crippen LogP contribution in [-0.2, 0) is 30.5 Å². The van der Waals surface area contributed by atoms with E-state index in [4.69, 9.17) is 11.6 Å². The number of aryl methyl sites for hydroxylation is 1. The molecule has 3 aromatic heterocycles. The monoisotopic (exact) mass is 808 g/mol. The van der Waals surface area contributed by atoms with Gasteiger partial charge < -0.3 is 24.8 Å². The molecule has 3 aliphatic heterocycles. The number of nitrogens with zero attached hydrogens (tertiary/aromatic N) is 9. The number of aromatic hydroxyl groups is 1. The lowest BCUT2D eigenvalue weighted by molar-refractivity contribution is -0.137. The van der Waals surface area contributed by atoms with E-state index in [1.807, 2.05) is 0 Å².